The van der Waals surface area contributed by atoms with Crippen LogP contribution in [-0.4, -0.2) is 45.9 Å². The van der Waals surface area contributed by atoms with Crippen LogP contribution in [0.15, 0.2) is 29.3 Å². The maximum absolute atomic E-state index is 5.70. The van der Waals surface area contributed by atoms with Crippen LogP contribution in [0.25, 0.3) is 0 Å². The number of guanidine groups is 1. The second-order valence-electron chi connectivity index (χ2n) is 5.78. The molecule has 0 heterocycles. The number of benzene rings is 1. The van der Waals surface area contributed by atoms with Gasteiger partial charge in [-0.15, -0.1) is 24.0 Å². The van der Waals surface area contributed by atoms with Crippen molar-refractivity contribution in [2.24, 2.45) is 10.9 Å². The Bertz CT molecular complexity index is 450. The minimum Gasteiger partial charge on any atom is -0.493 e. The number of ether oxygens (including phenoxy) is 2. The van der Waals surface area contributed by atoms with Gasteiger partial charge in [-0.2, -0.15) is 0 Å². The van der Waals surface area contributed by atoms with Gasteiger partial charge in [-0.05, 0) is 37.0 Å². The summed E-state index contributed by atoms with van der Waals surface area (Å²) in [7, 11) is 1.68. The van der Waals surface area contributed by atoms with E-state index in [1.807, 2.05) is 12.1 Å². The monoisotopic (exact) mass is 449 g/mol. The summed E-state index contributed by atoms with van der Waals surface area (Å²) in [6.45, 7) is 10.1. The number of nitrogens with zero attached hydrogens (tertiary/aromatic N) is 1. The van der Waals surface area contributed by atoms with Crippen LogP contribution in [0, 0.1) is 5.92 Å². The molecule has 0 aliphatic carbocycles. The second kappa shape index (κ2) is 14.3. The molecule has 0 aliphatic heterocycles. The van der Waals surface area contributed by atoms with Crippen molar-refractivity contribution in [1.82, 2.24) is 10.6 Å². The van der Waals surface area contributed by atoms with E-state index in [2.05, 4.69) is 48.5 Å². The molecule has 138 valence electrons. The highest BCUT2D eigenvalue weighted by atomic mass is 127. The molecule has 0 amide bonds. The van der Waals surface area contributed by atoms with Crippen LogP contribution < -0.4 is 15.4 Å². The number of hydrogen-bond donors (Lipinski definition) is 2. The molecule has 5 nitrogen and oxygen atoms in total. The molecule has 0 atom stereocenters. The third-order valence-corrected chi connectivity index (χ3v) is 3.12. The van der Waals surface area contributed by atoms with Crippen molar-refractivity contribution in [3.63, 3.8) is 0 Å². The summed E-state index contributed by atoms with van der Waals surface area (Å²) in [5.74, 6) is 2.31. The van der Waals surface area contributed by atoms with Gasteiger partial charge < -0.3 is 20.1 Å². The Hall–Kier alpha value is -1.02. The first-order chi connectivity index (χ1) is 11.2. The summed E-state index contributed by atoms with van der Waals surface area (Å²) in [5, 5.41) is 6.56. The van der Waals surface area contributed by atoms with Crippen molar-refractivity contribution in [2.45, 2.75) is 27.2 Å². The van der Waals surface area contributed by atoms with Gasteiger partial charge >= 0.3 is 0 Å². The lowest BCUT2D eigenvalue weighted by molar-refractivity contribution is 0.208. The van der Waals surface area contributed by atoms with Crippen molar-refractivity contribution < 1.29 is 9.47 Å². The Labute approximate surface area is 163 Å². The third-order valence-electron chi connectivity index (χ3n) is 3.12. The molecule has 0 saturated heterocycles. The van der Waals surface area contributed by atoms with Gasteiger partial charge in [0, 0.05) is 20.2 Å². The first kappa shape index (κ1) is 23.0. The lowest BCUT2D eigenvalue weighted by Gasteiger charge is -2.12. The van der Waals surface area contributed by atoms with Gasteiger partial charge in [-0.25, -0.2) is 0 Å². The van der Waals surface area contributed by atoms with E-state index in [1.54, 1.807) is 7.11 Å². The van der Waals surface area contributed by atoms with Crippen LogP contribution in [0.3, 0.4) is 0 Å². The number of hydrogen-bond acceptors (Lipinski definition) is 3. The van der Waals surface area contributed by atoms with Crippen LogP contribution >= 0.6 is 24.0 Å². The lowest BCUT2D eigenvalue weighted by Crippen LogP contribution is -2.38. The van der Waals surface area contributed by atoms with Crippen LogP contribution in [-0.2, 0) is 11.2 Å². The molecular weight excluding hydrogens is 417 g/mol. The van der Waals surface area contributed by atoms with E-state index in [0.29, 0.717) is 19.1 Å². The summed E-state index contributed by atoms with van der Waals surface area (Å²) in [5.41, 5.74) is 1.28. The summed E-state index contributed by atoms with van der Waals surface area (Å²) >= 11 is 0. The molecule has 0 unspecified atom stereocenters. The fourth-order valence-corrected chi connectivity index (χ4v) is 1.93. The van der Waals surface area contributed by atoms with Crippen molar-refractivity contribution >= 4 is 29.9 Å². The predicted octanol–water partition coefficient (Wildman–Crippen LogP) is 3.08. The lowest BCUT2D eigenvalue weighted by atomic mass is 10.1. The van der Waals surface area contributed by atoms with E-state index < -0.39 is 0 Å². The minimum atomic E-state index is 0. The summed E-state index contributed by atoms with van der Waals surface area (Å²) in [6.07, 6.45) is 0.944. The van der Waals surface area contributed by atoms with E-state index in [4.69, 9.17) is 9.47 Å². The van der Waals surface area contributed by atoms with Gasteiger partial charge in [0.05, 0.1) is 19.8 Å². The minimum absolute atomic E-state index is 0. The molecule has 0 fully saturated rings. The Morgan fingerprint density at radius 1 is 1.17 bits per heavy atom. The molecular formula is C18H32IN3O2. The Morgan fingerprint density at radius 2 is 1.88 bits per heavy atom. The molecule has 6 heteroatoms. The zero-order valence-electron chi connectivity index (χ0n) is 15.3. The smallest absolute Gasteiger partial charge is 0.191 e. The number of halogens is 1. The molecule has 1 rings (SSSR count). The van der Waals surface area contributed by atoms with Crippen molar-refractivity contribution in [3.8, 4) is 5.75 Å². The molecule has 0 spiro atoms. The molecule has 1 aromatic rings. The molecule has 2 N–H and O–H groups in total. The fourth-order valence-electron chi connectivity index (χ4n) is 1.93. The van der Waals surface area contributed by atoms with Gasteiger partial charge in [0.2, 0.25) is 0 Å². The molecule has 0 aliphatic rings. The number of methoxy groups -OCH3 is 1. The predicted molar refractivity (Wildman–Crippen MR) is 112 cm³/mol. The molecule has 0 aromatic heterocycles. The van der Waals surface area contributed by atoms with Gasteiger partial charge in [0.25, 0.3) is 0 Å². The fraction of sp³-hybridized carbons (Fsp3) is 0.611. The Kier molecular flexibility index (Phi) is 13.7. The maximum atomic E-state index is 5.70. The Morgan fingerprint density at radius 3 is 2.46 bits per heavy atom. The van der Waals surface area contributed by atoms with Gasteiger partial charge in [-0.3, -0.25) is 4.99 Å². The zero-order chi connectivity index (χ0) is 16.9. The summed E-state index contributed by atoms with van der Waals surface area (Å²) in [6, 6.07) is 8.31. The van der Waals surface area contributed by atoms with Crippen molar-refractivity contribution in [1.29, 1.82) is 0 Å². The SMILES string of the molecule is CCNC(=NCCOC)NCCc1ccc(OCC(C)C)cc1.I. The second-order valence-corrected chi connectivity index (χ2v) is 5.78. The van der Waals surface area contributed by atoms with Crippen molar-refractivity contribution in [2.75, 3.05) is 40.0 Å². The maximum Gasteiger partial charge on any atom is 0.191 e. The molecule has 1 aromatic carbocycles. The first-order valence-corrected chi connectivity index (χ1v) is 8.38. The van der Waals surface area contributed by atoms with Crippen LogP contribution in [0.2, 0.25) is 0 Å². The first-order valence-electron chi connectivity index (χ1n) is 8.38. The standard InChI is InChI=1S/C18H31N3O2.HI/c1-5-19-18(21-12-13-22-4)20-11-10-16-6-8-17(9-7-16)23-14-15(2)3;/h6-9,15H,5,10-14H2,1-4H3,(H2,19,20,21);1H. The van der Waals surface area contributed by atoms with Gasteiger partial charge in [-0.1, -0.05) is 26.0 Å². The van der Waals surface area contributed by atoms with Gasteiger partial charge in [0.15, 0.2) is 5.96 Å². The molecule has 0 saturated carbocycles. The number of nitrogens with one attached hydrogen (secondary N) is 2. The van der Waals surface area contributed by atoms with Crippen LogP contribution in [0.5, 0.6) is 5.75 Å². The summed E-state index contributed by atoms with van der Waals surface area (Å²) < 4.78 is 10.7. The zero-order valence-corrected chi connectivity index (χ0v) is 17.6. The molecule has 24 heavy (non-hydrogen) atoms. The molecule has 0 radical (unpaired) electrons. The normalized spacial score (nSPS) is 11.1. The molecule has 0 bridgehead atoms. The Balaban J connectivity index is 0.00000529. The average molecular weight is 449 g/mol. The van der Waals surface area contributed by atoms with Crippen LogP contribution in [0.4, 0.5) is 0 Å². The topological polar surface area (TPSA) is 54.9 Å². The van der Waals surface area contributed by atoms with Crippen LogP contribution in [0.1, 0.15) is 26.3 Å². The van der Waals surface area contributed by atoms with E-state index >= 15 is 0 Å². The third kappa shape index (κ3) is 10.7. The highest BCUT2D eigenvalue weighted by molar-refractivity contribution is 14.0. The number of aliphatic imine (C=N–C) groups is 1. The average Bonchev–Trinajstić information content (AvgIpc) is 2.54. The van der Waals surface area contributed by atoms with Crippen molar-refractivity contribution in [3.05, 3.63) is 29.8 Å². The highest BCUT2D eigenvalue weighted by Gasteiger charge is 2.00. The quantitative estimate of drug-likeness (QED) is 0.250. The van der Waals surface area contributed by atoms with E-state index in [0.717, 1.165) is 37.8 Å². The number of rotatable bonds is 10. The highest BCUT2D eigenvalue weighted by Crippen LogP contribution is 2.13. The summed E-state index contributed by atoms with van der Waals surface area (Å²) in [4.78, 5) is 4.44. The van der Waals surface area contributed by atoms with E-state index in [1.165, 1.54) is 5.56 Å². The van der Waals surface area contributed by atoms with E-state index in [-0.39, 0.29) is 24.0 Å². The largest absolute Gasteiger partial charge is 0.493 e. The van der Waals surface area contributed by atoms with E-state index in [9.17, 15) is 0 Å². The van der Waals surface area contributed by atoms with Gasteiger partial charge in [0.1, 0.15) is 5.75 Å².